The van der Waals surface area contributed by atoms with E-state index in [-0.39, 0.29) is 0 Å². The number of fused-ring (bicyclic) bond motifs is 1. The lowest BCUT2D eigenvalue weighted by Crippen LogP contribution is -2.11. The van der Waals surface area contributed by atoms with Crippen LogP contribution in [0.1, 0.15) is 41.7 Å². The molecule has 0 unspecified atom stereocenters. The maximum absolute atomic E-state index is 11.3. The van der Waals surface area contributed by atoms with Gasteiger partial charge in [0.2, 0.25) is 5.91 Å². The van der Waals surface area contributed by atoms with E-state index in [4.69, 9.17) is 12.2 Å². The van der Waals surface area contributed by atoms with Crippen LogP contribution in [0.2, 0.25) is 0 Å². The molecule has 0 bridgehead atoms. The third-order valence-corrected chi connectivity index (χ3v) is 3.41. The molecule has 104 valence electrons. The number of nitrogens with zero attached hydrogens (tertiary/aromatic N) is 2. The van der Waals surface area contributed by atoms with Crippen LogP contribution in [-0.4, -0.2) is 15.7 Å². The zero-order valence-electron chi connectivity index (χ0n) is 11.7. The van der Waals surface area contributed by atoms with Crippen LogP contribution in [0.4, 0.5) is 0 Å². The van der Waals surface area contributed by atoms with Crippen molar-refractivity contribution < 1.29 is 4.79 Å². The molecule has 4 nitrogen and oxygen atoms in total. The Bertz CT molecular complexity index is 664. The fourth-order valence-electron chi connectivity index (χ4n) is 2.33. The van der Waals surface area contributed by atoms with E-state index in [2.05, 4.69) is 11.0 Å². The molecule has 2 aromatic rings. The second-order valence-corrected chi connectivity index (χ2v) is 4.92. The van der Waals surface area contributed by atoms with Crippen molar-refractivity contribution in [3.05, 3.63) is 29.5 Å². The quantitative estimate of drug-likeness (QED) is 0.647. The molecular formula is C16H19N3O. The number of carbonyl (C=O) groups excluding carboxylic acids is 1. The molecule has 0 radical (unpaired) electrons. The number of aryl methyl sites for hydroxylation is 2. The summed E-state index contributed by atoms with van der Waals surface area (Å²) in [4.78, 5) is 11.3. The summed E-state index contributed by atoms with van der Waals surface area (Å²) in [7, 11) is 0. The molecule has 0 atom stereocenters. The van der Waals surface area contributed by atoms with Gasteiger partial charge in [0.1, 0.15) is 0 Å². The number of primary amides is 1. The average Bonchev–Trinajstić information content (AvgIpc) is 2.75. The molecule has 1 heterocycles. The molecule has 2 rings (SSSR count). The fraction of sp³-hybridized carbons (Fsp3) is 0.375. The largest absolute Gasteiger partial charge is 0.366 e. The number of nitrogens with two attached hydrogens (primary N) is 1. The van der Waals surface area contributed by atoms with Gasteiger partial charge in [-0.25, -0.2) is 0 Å². The van der Waals surface area contributed by atoms with Crippen LogP contribution < -0.4 is 5.73 Å². The first-order chi connectivity index (χ1) is 9.63. The predicted octanol–water partition coefficient (Wildman–Crippen LogP) is 2.64. The van der Waals surface area contributed by atoms with Crippen molar-refractivity contribution in [2.45, 2.75) is 39.2 Å². The molecule has 1 amide bonds. The SMILES string of the molecule is C#CCCCCCn1nc(C)c2ccc(C(N)=O)cc21. The van der Waals surface area contributed by atoms with E-state index < -0.39 is 5.91 Å². The number of terminal acetylenes is 1. The highest BCUT2D eigenvalue weighted by atomic mass is 16.1. The number of hydrogen-bond acceptors (Lipinski definition) is 2. The summed E-state index contributed by atoms with van der Waals surface area (Å²) in [5.74, 6) is 2.24. The summed E-state index contributed by atoms with van der Waals surface area (Å²) >= 11 is 0. The van der Waals surface area contributed by atoms with Crippen LogP contribution in [0.15, 0.2) is 18.2 Å². The highest BCUT2D eigenvalue weighted by Gasteiger charge is 2.09. The molecule has 0 aliphatic heterocycles. The number of amides is 1. The van der Waals surface area contributed by atoms with Crippen molar-refractivity contribution in [3.8, 4) is 12.3 Å². The molecule has 0 aliphatic carbocycles. The Hall–Kier alpha value is -2.28. The number of aromatic nitrogens is 2. The molecule has 0 aliphatic rings. The Balaban J connectivity index is 2.18. The molecule has 1 aromatic carbocycles. The second-order valence-electron chi connectivity index (χ2n) is 4.92. The first kappa shape index (κ1) is 14.1. The van der Waals surface area contributed by atoms with Gasteiger partial charge in [-0.1, -0.05) is 12.5 Å². The van der Waals surface area contributed by atoms with Crippen molar-refractivity contribution in [3.63, 3.8) is 0 Å². The van der Waals surface area contributed by atoms with Crippen molar-refractivity contribution >= 4 is 16.8 Å². The summed E-state index contributed by atoms with van der Waals surface area (Å²) in [6.45, 7) is 2.80. The van der Waals surface area contributed by atoms with Crippen molar-refractivity contribution in [1.82, 2.24) is 9.78 Å². The van der Waals surface area contributed by atoms with E-state index >= 15 is 0 Å². The number of rotatable bonds is 6. The predicted molar refractivity (Wildman–Crippen MR) is 80.3 cm³/mol. The van der Waals surface area contributed by atoms with Gasteiger partial charge in [0.25, 0.3) is 0 Å². The van der Waals surface area contributed by atoms with Gasteiger partial charge in [-0.05, 0) is 31.9 Å². The van der Waals surface area contributed by atoms with Crippen LogP contribution in [0.25, 0.3) is 10.9 Å². The summed E-state index contributed by atoms with van der Waals surface area (Å²) in [5, 5.41) is 5.60. The highest BCUT2D eigenvalue weighted by Crippen LogP contribution is 2.20. The Morgan fingerprint density at radius 1 is 1.40 bits per heavy atom. The van der Waals surface area contributed by atoms with Crippen LogP contribution in [0, 0.1) is 19.3 Å². The van der Waals surface area contributed by atoms with Gasteiger partial charge in [-0.15, -0.1) is 12.3 Å². The minimum Gasteiger partial charge on any atom is -0.366 e. The maximum atomic E-state index is 11.3. The third kappa shape index (κ3) is 3.00. The number of hydrogen-bond donors (Lipinski definition) is 1. The van der Waals surface area contributed by atoms with E-state index in [1.54, 1.807) is 6.07 Å². The van der Waals surface area contributed by atoms with Crippen molar-refractivity contribution in [1.29, 1.82) is 0 Å². The van der Waals surface area contributed by atoms with Crippen LogP contribution in [0.3, 0.4) is 0 Å². The first-order valence-electron chi connectivity index (χ1n) is 6.84. The third-order valence-electron chi connectivity index (χ3n) is 3.41. The highest BCUT2D eigenvalue weighted by molar-refractivity contribution is 5.97. The van der Waals surface area contributed by atoms with Gasteiger partial charge in [-0.3, -0.25) is 9.48 Å². The van der Waals surface area contributed by atoms with E-state index in [0.29, 0.717) is 5.56 Å². The normalized spacial score (nSPS) is 10.6. The van der Waals surface area contributed by atoms with E-state index in [1.165, 1.54) is 0 Å². The standard InChI is InChI=1S/C16H19N3O/c1-3-4-5-6-7-10-19-15-11-13(16(17)20)8-9-14(15)12(2)18-19/h1,8-9,11H,4-7,10H2,2H3,(H2,17,20). The molecule has 0 spiro atoms. The first-order valence-corrected chi connectivity index (χ1v) is 6.84. The zero-order valence-corrected chi connectivity index (χ0v) is 11.7. The summed E-state index contributed by atoms with van der Waals surface area (Å²) in [5.41, 5.74) is 7.79. The van der Waals surface area contributed by atoms with Crippen molar-refractivity contribution in [2.24, 2.45) is 5.73 Å². The molecule has 0 fully saturated rings. The van der Waals surface area contributed by atoms with Crippen LogP contribution in [0.5, 0.6) is 0 Å². The second kappa shape index (κ2) is 6.25. The molecule has 1 aromatic heterocycles. The van der Waals surface area contributed by atoms with Crippen LogP contribution in [-0.2, 0) is 6.54 Å². The molecule has 0 saturated heterocycles. The Labute approximate surface area is 119 Å². The lowest BCUT2D eigenvalue weighted by Gasteiger charge is -2.04. The van der Waals surface area contributed by atoms with Crippen molar-refractivity contribution in [2.75, 3.05) is 0 Å². The summed E-state index contributed by atoms with van der Waals surface area (Å²) in [6.07, 6.45) is 9.21. The summed E-state index contributed by atoms with van der Waals surface area (Å²) < 4.78 is 1.95. The van der Waals surface area contributed by atoms with Gasteiger partial charge in [-0.2, -0.15) is 5.10 Å². The number of unbranched alkanes of at least 4 members (excludes halogenated alkanes) is 3. The van der Waals surface area contributed by atoms with Crippen LogP contribution >= 0.6 is 0 Å². The van der Waals surface area contributed by atoms with Gasteiger partial charge in [0.05, 0.1) is 11.2 Å². The number of carbonyl (C=O) groups is 1. The Kier molecular flexibility index (Phi) is 4.41. The van der Waals surface area contributed by atoms with E-state index in [1.807, 2.05) is 23.7 Å². The number of benzene rings is 1. The van der Waals surface area contributed by atoms with E-state index in [9.17, 15) is 4.79 Å². The maximum Gasteiger partial charge on any atom is 0.248 e. The molecular weight excluding hydrogens is 250 g/mol. The van der Waals surface area contributed by atoms with Gasteiger partial charge in [0, 0.05) is 23.9 Å². The Morgan fingerprint density at radius 2 is 2.20 bits per heavy atom. The molecule has 2 N–H and O–H groups in total. The van der Waals surface area contributed by atoms with E-state index in [0.717, 1.165) is 48.8 Å². The fourth-order valence-corrected chi connectivity index (χ4v) is 2.33. The smallest absolute Gasteiger partial charge is 0.248 e. The minimum atomic E-state index is -0.411. The topological polar surface area (TPSA) is 60.9 Å². The van der Waals surface area contributed by atoms with Gasteiger partial charge in [0.15, 0.2) is 0 Å². The van der Waals surface area contributed by atoms with Gasteiger partial charge < -0.3 is 5.73 Å². The monoisotopic (exact) mass is 269 g/mol. The van der Waals surface area contributed by atoms with Gasteiger partial charge >= 0.3 is 0 Å². The molecule has 0 saturated carbocycles. The molecule has 20 heavy (non-hydrogen) atoms. The molecule has 4 heteroatoms. The zero-order chi connectivity index (χ0) is 14.5. The Morgan fingerprint density at radius 3 is 2.90 bits per heavy atom. The minimum absolute atomic E-state index is 0.411. The lowest BCUT2D eigenvalue weighted by atomic mass is 10.1. The average molecular weight is 269 g/mol. The summed E-state index contributed by atoms with van der Waals surface area (Å²) in [6, 6.07) is 5.47. The lowest BCUT2D eigenvalue weighted by molar-refractivity contribution is 0.100.